The van der Waals surface area contributed by atoms with Crippen LogP contribution in [0.5, 0.6) is 0 Å². The molecule has 0 saturated carbocycles. The molecule has 0 aliphatic carbocycles. The van der Waals surface area contributed by atoms with Crippen LogP contribution in [0.4, 0.5) is 10.5 Å². The van der Waals surface area contributed by atoms with E-state index in [0.717, 1.165) is 15.3 Å². The third kappa shape index (κ3) is 2.86. The van der Waals surface area contributed by atoms with Crippen molar-refractivity contribution >= 4 is 29.4 Å². The number of hydrogen-bond donors (Lipinski definition) is 1. The highest BCUT2D eigenvalue weighted by atomic mass is 35.5. The number of carboxylic acids is 1. The predicted molar refractivity (Wildman–Crippen MR) is 92.6 cm³/mol. The molecule has 1 fully saturated rings. The van der Waals surface area contributed by atoms with E-state index in [0.29, 0.717) is 12.2 Å². The number of nitrogens with zero attached hydrogens (tertiary/aromatic N) is 3. The Morgan fingerprint density at radius 2 is 2.04 bits per heavy atom. The third-order valence-electron chi connectivity index (χ3n) is 3.98. The SMILES string of the molecule is CCn1c(=O)c(C(=O)O)cn(-c2ccc(N3CCOC3=O)c(Cl)c2)c1=O. The summed E-state index contributed by atoms with van der Waals surface area (Å²) < 4.78 is 6.72. The van der Waals surface area contributed by atoms with E-state index in [2.05, 4.69) is 0 Å². The number of benzene rings is 1. The minimum atomic E-state index is -1.44. The van der Waals surface area contributed by atoms with Gasteiger partial charge in [-0.25, -0.2) is 14.4 Å². The van der Waals surface area contributed by atoms with Crippen LogP contribution in [0.3, 0.4) is 0 Å². The Labute approximate surface area is 151 Å². The zero-order valence-corrected chi connectivity index (χ0v) is 14.4. The summed E-state index contributed by atoms with van der Waals surface area (Å²) >= 11 is 6.23. The fourth-order valence-electron chi connectivity index (χ4n) is 2.69. The first-order valence-corrected chi connectivity index (χ1v) is 8.07. The van der Waals surface area contributed by atoms with Gasteiger partial charge in [0.25, 0.3) is 5.56 Å². The van der Waals surface area contributed by atoms with Crippen molar-refractivity contribution in [3.05, 3.63) is 55.8 Å². The molecule has 2 heterocycles. The molecule has 1 N–H and O–H groups in total. The smallest absolute Gasteiger partial charge is 0.414 e. The molecule has 136 valence electrons. The van der Waals surface area contributed by atoms with E-state index in [9.17, 15) is 24.3 Å². The van der Waals surface area contributed by atoms with Crippen LogP contribution < -0.4 is 16.1 Å². The van der Waals surface area contributed by atoms with Gasteiger partial charge in [0.05, 0.1) is 22.9 Å². The number of cyclic esters (lactones) is 1. The van der Waals surface area contributed by atoms with Crippen LogP contribution >= 0.6 is 11.6 Å². The van der Waals surface area contributed by atoms with E-state index in [1.165, 1.54) is 23.1 Å². The monoisotopic (exact) mass is 379 g/mol. The van der Waals surface area contributed by atoms with Crippen molar-refractivity contribution in [2.75, 3.05) is 18.1 Å². The molecular formula is C16H14ClN3O6. The van der Waals surface area contributed by atoms with Crippen LogP contribution in [0, 0.1) is 0 Å². The van der Waals surface area contributed by atoms with E-state index in [4.69, 9.17) is 16.3 Å². The van der Waals surface area contributed by atoms with Crippen molar-refractivity contribution in [3.63, 3.8) is 0 Å². The van der Waals surface area contributed by atoms with Gasteiger partial charge in [0.2, 0.25) is 0 Å². The lowest BCUT2D eigenvalue weighted by Crippen LogP contribution is -2.41. The van der Waals surface area contributed by atoms with Gasteiger partial charge >= 0.3 is 17.8 Å². The topological polar surface area (TPSA) is 111 Å². The molecule has 0 radical (unpaired) electrons. The summed E-state index contributed by atoms with van der Waals surface area (Å²) in [6.45, 7) is 2.18. The molecule has 3 rings (SSSR count). The summed E-state index contributed by atoms with van der Waals surface area (Å²) in [6, 6.07) is 4.45. The second kappa shape index (κ2) is 6.68. The molecule has 1 aromatic heterocycles. The first-order valence-electron chi connectivity index (χ1n) is 7.69. The molecule has 0 atom stereocenters. The molecule has 1 aliphatic heterocycles. The van der Waals surface area contributed by atoms with Crippen molar-refractivity contribution in [1.82, 2.24) is 9.13 Å². The number of carbonyl (C=O) groups excluding carboxylic acids is 1. The van der Waals surface area contributed by atoms with Crippen LogP contribution in [0.25, 0.3) is 5.69 Å². The maximum atomic E-state index is 12.5. The zero-order chi connectivity index (χ0) is 19.0. The number of aromatic nitrogens is 2. The molecule has 2 aromatic rings. The average molecular weight is 380 g/mol. The normalized spacial score (nSPS) is 13.8. The van der Waals surface area contributed by atoms with Gasteiger partial charge in [-0.05, 0) is 25.1 Å². The summed E-state index contributed by atoms with van der Waals surface area (Å²) in [6.07, 6.45) is 0.443. The Balaban J connectivity index is 2.15. The fourth-order valence-corrected chi connectivity index (χ4v) is 2.97. The standard InChI is InChI=1S/C16H14ClN3O6/c1-2-18-13(21)10(14(22)23)8-20(15(18)24)9-3-4-12(11(17)7-9)19-5-6-26-16(19)25/h3-4,7-8H,2,5-6H2,1H3,(H,22,23). The van der Waals surface area contributed by atoms with Gasteiger partial charge in [-0.3, -0.25) is 18.8 Å². The summed E-state index contributed by atoms with van der Waals surface area (Å²) in [7, 11) is 0. The first kappa shape index (κ1) is 17.7. The minimum absolute atomic E-state index is 0.0181. The van der Waals surface area contributed by atoms with Crippen LogP contribution in [-0.2, 0) is 11.3 Å². The van der Waals surface area contributed by atoms with Gasteiger partial charge in [-0.15, -0.1) is 0 Å². The molecule has 0 bridgehead atoms. The molecule has 9 nitrogen and oxygen atoms in total. The van der Waals surface area contributed by atoms with Crippen molar-refractivity contribution in [3.8, 4) is 5.69 Å². The Morgan fingerprint density at radius 1 is 1.31 bits per heavy atom. The first-order chi connectivity index (χ1) is 12.3. The fraction of sp³-hybridized carbons (Fsp3) is 0.250. The van der Waals surface area contributed by atoms with Gasteiger partial charge in [0.15, 0.2) is 0 Å². The van der Waals surface area contributed by atoms with Crippen LogP contribution in [0.2, 0.25) is 5.02 Å². The number of anilines is 1. The average Bonchev–Trinajstić information content (AvgIpc) is 3.01. The minimum Gasteiger partial charge on any atom is -0.477 e. The highest BCUT2D eigenvalue weighted by Gasteiger charge is 2.26. The molecule has 0 spiro atoms. The Morgan fingerprint density at radius 3 is 2.58 bits per heavy atom. The highest BCUT2D eigenvalue weighted by Crippen LogP contribution is 2.29. The number of carboxylic acid groups (broad SMARTS) is 1. The van der Waals surface area contributed by atoms with Gasteiger partial charge in [-0.1, -0.05) is 11.6 Å². The van der Waals surface area contributed by atoms with Crippen molar-refractivity contribution < 1.29 is 19.4 Å². The summed E-state index contributed by atoms with van der Waals surface area (Å²) in [4.78, 5) is 48.9. The van der Waals surface area contributed by atoms with E-state index in [1.54, 1.807) is 6.92 Å². The van der Waals surface area contributed by atoms with Crippen molar-refractivity contribution in [2.45, 2.75) is 13.5 Å². The third-order valence-corrected chi connectivity index (χ3v) is 4.28. The highest BCUT2D eigenvalue weighted by molar-refractivity contribution is 6.34. The van der Waals surface area contributed by atoms with Crippen molar-refractivity contribution in [2.24, 2.45) is 0 Å². The Hall–Kier alpha value is -3.07. The predicted octanol–water partition coefficient (Wildman–Crippen LogP) is 1.33. The molecule has 26 heavy (non-hydrogen) atoms. The zero-order valence-electron chi connectivity index (χ0n) is 13.6. The van der Waals surface area contributed by atoms with Crippen LogP contribution in [0.15, 0.2) is 34.0 Å². The summed E-state index contributed by atoms with van der Waals surface area (Å²) in [5.74, 6) is -1.44. The van der Waals surface area contributed by atoms with Gasteiger partial charge < -0.3 is 9.84 Å². The Bertz CT molecular complexity index is 1030. The van der Waals surface area contributed by atoms with Gasteiger partial charge in [0, 0.05) is 12.7 Å². The number of carbonyl (C=O) groups is 2. The Kier molecular flexibility index (Phi) is 4.56. The van der Waals surface area contributed by atoms with Crippen LogP contribution in [0.1, 0.15) is 17.3 Å². The quantitative estimate of drug-likeness (QED) is 0.857. The van der Waals surface area contributed by atoms with E-state index < -0.39 is 28.9 Å². The lowest BCUT2D eigenvalue weighted by atomic mass is 10.2. The van der Waals surface area contributed by atoms with E-state index in [1.807, 2.05) is 0 Å². The van der Waals surface area contributed by atoms with E-state index in [-0.39, 0.29) is 23.9 Å². The second-order valence-electron chi connectivity index (χ2n) is 5.45. The lowest BCUT2D eigenvalue weighted by Gasteiger charge is -2.16. The number of rotatable bonds is 4. The van der Waals surface area contributed by atoms with Crippen molar-refractivity contribution in [1.29, 1.82) is 0 Å². The van der Waals surface area contributed by atoms with Gasteiger partial charge in [-0.2, -0.15) is 0 Å². The molecule has 1 aromatic carbocycles. The number of ether oxygens (including phenoxy) is 1. The molecule has 1 saturated heterocycles. The number of aromatic carboxylic acids is 1. The molecular weight excluding hydrogens is 366 g/mol. The maximum absolute atomic E-state index is 12.5. The second-order valence-corrected chi connectivity index (χ2v) is 5.86. The molecule has 0 unspecified atom stereocenters. The number of halogens is 1. The number of amides is 1. The van der Waals surface area contributed by atoms with Crippen LogP contribution in [-0.4, -0.2) is 39.5 Å². The summed E-state index contributed by atoms with van der Waals surface area (Å²) in [5.41, 5.74) is -1.42. The largest absolute Gasteiger partial charge is 0.477 e. The summed E-state index contributed by atoms with van der Waals surface area (Å²) in [5, 5.41) is 9.39. The van der Waals surface area contributed by atoms with E-state index >= 15 is 0 Å². The van der Waals surface area contributed by atoms with Gasteiger partial charge in [0.1, 0.15) is 12.2 Å². The molecule has 1 aliphatic rings. The lowest BCUT2D eigenvalue weighted by molar-refractivity contribution is 0.0693. The molecule has 10 heteroatoms. The number of hydrogen-bond acceptors (Lipinski definition) is 5. The molecule has 1 amide bonds. The maximum Gasteiger partial charge on any atom is 0.414 e.